The van der Waals surface area contributed by atoms with Gasteiger partial charge < -0.3 is 20.3 Å². The van der Waals surface area contributed by atoms with Gasteiger partial charge in [-0.2, -0.15) is 0 Å². The van der Waals surface area contributed by atoms with Crippen LogP contribution in [0.25, 0.3) is 0 Å². The van der Waals surface area contributed by atoms with Crippen molar-refractivity contribution >= 4 is 23.4 Å². The molecule has 0 radical (unpaired) electrons. The van der Waals surface area contributed by atoms with E-state index in [-0.39, 0.29) is 30.7 Å². The van der Waals surface area contributed by atoms with Crippen molar-refractivity contribution in [3.05, 3.63) is 60.2 Å². The van der Waals surface area contributed by atoms with Gasteiger partial charge in [-0.05, 0) is 24.1 Å². The monoisotopic (exact) mass is 409 g/mol. The van der Waals surface area contributed by atoms with E-state index in [1.807, 2.05) is 43.3 Å². The first-order valence-electron chi connectivity index (χ1n) is 10.2. The van der Waals surface area contributed by atoms with Crippen LogP contribution in [0.15, 0.2) is 54.6 Å². The van der Waals surface area contributed by atoms with Gasteiger partial charge in [0.15, 0.2) is 6.10 Å². The molecule has 2 aromatic carbocycles. The minimum Gasteiger partial charge on any atom is -0.477 e. The maximum atomic E-state index is 13.3. The first kappa shape index (κ1) is 21.4. The maximum Gasteiger partial charge on any atom is 0.262 e. The Hall–Kier alpha value is -3.35. The standard InChI is InChI=1S/C23H27N3O4/c1-3-13-24-23(29)21-15-26(19-11-7-8-12-20(19)30-21)22(28)14-18(25-16(2)27)17-9-5-4-6-10-17/h4-12,18,21H,3,13-15H2,1-2H3,(H,24,29)(H,25,27)/t18-,21+/m1/s1. The molecule has 0 spiro atoms. The molecule has 2 atom stereocenters. The van der Waals surface area contributed by atoms with Crippen LogP contribution in [0.5, 0.6) is 5.75 Å². The van der Waals surface area contributed by atoms with Crippen LogP contribution < -0.4 is 20.3 Å². The van der Waals surface area contributed by atoms with Crippen molar-refractivity contribution in [3.8, 4) is 5.75 Å². The largest absolute Gasteiger partial charge is 0.477 e. The number of hydrogen-bond acceptors (Lipinski definition) is 4. The number of rotatable bonds is 7. The van der Waals surface area contributed by atoms with Crippen LogP contribution in [0.2, 0.25) is 0 Å². The number of benzene rings is 2. The molecule has 7 nitrogen and oxygen atoms in total. The zero-order valence-corrected chi connectivity index (χ0v) is 17.3. The molecule has 0 saturated carbocycles. The number of nitrogens with zero attached hydrogens (tertiary/aromatic N) is 1. The zero-order valence-electron chi connectivity index (χ0n) is 17.3. The molecule has 1 aliphatic rings. The first-order chi connectivity index (χ1) is 14.5. The summed E-state index contributed by atoms with van der Waals surface area (Å²) in [5.74, 6) is -0.160. The van der Waals surface area contributed by atoms with Crippen molar-refractivity contribution in [1.29, 1.82) is 0 Å². The second-order valence-corrected chi connectivity index (χ2v) is 7.24. The van der Waals surface area contributed by atoms with Crippen molar-refractivity contribution in [3.63, 3.8) is 0 Å². The highest BCUT2D eigenvalue weighted by Crippen LogP contribution is 2.34. The third kappa shape index (κ3) is 5.17. The number of ether oxygens (including phenoxy) is 1. The fraction of sp³-hybridized carbons (Fsp3) is 0.348. The minimum atomic E-state index is -0.786. The fourth-order valence-corrected chi connectivity index (χ4v) is 3.44. The van der Waals surface area contributed by atoms with E-state index in [0.29, 0.717) is 18.0 Å². The number of nitrogens with one attached hydrogen (secondary N) is 2. The van der Waals surface area contributed by atoms with Gasteiger partial charge in [-0.1, -0.05) is 49.4 Å². The number of hydrogen-bond donors (Lipinski definition) is 2. The van der Waals surface area contributed by atoms with Gasteiger partial charge in [0.05, 0.1) is 24.7 Å². The van der Waals surface area contributed by atoms with E-state index >= 15 is 0 Å². The van der Waals surface area contributed by atoms with Gasteiger partial charge in [0.25, 0.3) is 5.91 Å². The van der Waals surface area contributed by atoms with Crippen molar-refractivity contribution in [2.24, 2.45) is 0 Å². The fourth-order valence-electron chi connectivity index (χ4n) is 3.44. The van der Waals surface area contributed by atoms with E-state index in [0.717, 1.165) is 12.0 Å². The van der Waals surface area contributed by atoms with E-state index in [4.69, 9.17) is 4.74 Å². The summed E-state index contributed by atoms with van der Waals surface area (Å²) in [5.41, 5.74) is 1.47. The number of para-hydroxylation sites is 2. The molecule has 30 heavy (non-hydrogen) atoms. The predicted octanol–water partition coefficient (Wildman–Crippen LogP) is 2.57. The quantitative estimate of drug-likeness (QED) is 0.736. The average Bonchev–Trinajstić information content (AvgIpc) is 2.76. The Morgan fingerprint density at radius 2 is 1.80 bits per heavy atom. The lowest BCUT2D eigenvalue weighted by Gasteiger charge is -2.35. The van der Waals surface area contributed by atoms with E-state index in [1.165, 1.54) is 6.92 Å². The number of amides is 3. The minimum absolute atomic E-state index is 0.0707. The molecule has 0 unspecified atom stereocenters. The van der Waals surface area contributed by atoms with Gasteiger partial charge in [0.1, 0.15) is 5.75 Å². The van der Waals surface area contributed by atoms with Gasteiger partial charge >= 0.3 is 0 Å². The SMILES string of the molecule is CCCNC(=O)[C@@H]1CN(C(=O)C[C@@H](NC(C)=O)c2ccccc2)c2ccccc2O1. The Morgan fingerprint density at radius 1 is 1.10 bits per heavy atom. The summed E-state index contributed by atoms with van der Waals surface area (Å²) in [6, 6.07) is 16.1. The van der Waals surface area contributed by atoms with Crippen molar-refractivity contribution in [1.82, 2.24) is 10.6 Å². The molecule has 2 N–H and O–H groups in total. The first-order valence-corrected chi connectivity index (χ1v) is 10.2. The molecule has 3 rings (SSSR count). The predicted molar refractivity (Wildman–Crippen MR) is 114 cm³/mol. The number of carbonyl (C=O) groups excluding carboxylic acids is 3. The van der Waals surface area contributed by atoms with Crippen LogP contribution in [-0.4, -0.2) is 36.9 Å². The van der Waals surface area contributed by atoms with Gasteiger partial charge in [-0.15, -0.1) is 0 Å². The summed E-state index contributed by atoms with van der Waals surface area (Å²) in [4.78, 5) is 39.1. The molecule has 0 aliphatic carbocycles. The van der Waals surface area contributed by atoms with E-state index in [2.05, 4.69) is 10.6 Å². The summed E-state index contributed by atoms with van der Waals surface area (Å²) in [6.45, 7) is 4.07. The lowest BCUT2D eigenvalue weighted by atomic mass is 10.0. The maximum absolute atomic E-state index is 13.3. The van der Waals surface area contributed by atoms with Crippen LogP contribution in [0.4, 0.5) is 5.69 Å². The summed E-state index contributed by atoms with van der Waals surface area (Å²) < 4.78 is 5.85. The van der Waals surface area contributed by atoms with Gasteiger partial charge in [-0.25, -0.2) is 0 Å². The highest BCUT2D eigenvalue weighted by Gasteiger charge is 2.34. The van der Waals surface area contributed by atoms with Crippen molar-refractivity contribution in [2.45, 2.75) is 38.8 Å². The smallest absolute Gasteiger partial charge is 0.262 e. The Balaban J connectivity index is 1.83. The van der Waals surface area contributed by atoms with Crippen LogP contribution in [0.1, 0.15) is 38.3 Å². The van der Waals surface area contributed by atoms with Crippen LogP contribution in [0, 0.1) is 0 Å². The number of anilines is 1. The summed E-state index contributed by atoms with van der Waals surface area (Å²) in [5, 5.41) is 5.68. The molecule has 158 valence electrons. The Kier molecular flexibility index (Phi) is 7.06. The van der Waals surface area contributed by atoms with Crippen molar-refractivity contribution < 1.29 is 19.1 Å². The lowest BCUT2D eigenvalue weighted by molar-refractivity contribution is -0.128. The van der Waals surface area contributed by atoms with Crippen LogP contribution in [0.3, 0.4) is 0 Å². The zero-order chi connectivity index (χ0) is 21.5. The summed E-state index contributed by atoms with van der Waals surface area (Å²) >= 11 is 0. The molecule has 1 aliphatic heterocycles. The molecule has 0 saturated heterocycles. The van der Waals surface area contributed by atoms with Crippen LogP contribution >= 0.6 is 0 Å². The molecule has 3 amide bonds. The topological polar surface area (TPSA) is 87.7 Å². The third-order valence-electron chi connectivity index (χ3n) is 4.87. The van der Waals surface area contributed by atoms with Gasteiger partial charge in [0.2, 0.25) is 11.8 Å². The lowest BCUT2D eigenvalue weighted by Crippen LogP contribution is -2.51. The molecule has 7 heteroatoms. The summed E-state index contributed by atoms with van der Waals surface area (Å²) in [7, 11) is 0. The Morgan fingerprint density at radius 3 is 2.50 bits per heavy atom. The Bertz CT molecular complexity index is 900. The molecular weight excluding hydrogens is 382 g/mol. The number of carbonyl (C=O) groups is 3. The summed E-state index contributed by atoms with van der Waals surface area (Å²) in [6.07, 6.45) is 0.0975. The molecule has 2 aromatic rings. The normalized spacial score (nSPS) is 16.1. The van der Waals surface area contributed by atoms with E-state index < -0.39 is 12.1 Å². The molecular formula is C23H27N3O4. The highest BCUT2D eigenvalue weighted by atomic mass is 16.5. The van der Waals surface area contributed by atoms with Crippen LogP contribution in [-0.2, 0) is 14.4 Å². The van der Waals surface area contributed by atoms with E-state index in [9.17, 15) is 14.4 Å². The molecule has 0 bridgehead atoms. The highest BCUT2D eigenvalue weighted by molar-refractivity contribution is 5.97. The second-order valence-electron chi connectivity index (χ2n) is 7.24. The molecule has 0 aromatic heterocycles. The number of fused-ring (bicyclic) bond motifs is 1. The average molecular weight is 409 g/mol. The molecule has 0 fully saturated rings. The third-order valence-corrected chi connectivity index (χ3v) is 4.87. The second kappa shape index (κ2) is 9.91. The molecule has 1 heterocycles. The van der Waals surface area contributed by atoms with Gasteiger partial charge in [0, 0.05) is 13.5 Å². The van der Waals surface area contributed by atoms with E-state index in [1.54, 1.807) is 23.1 Å². The van der Waals surface area contributed by atoms with Gasteiger partial charge in [-0.3, -0.25) is 14.4 Å². The Labute approximate surface area is 176 Å². The van der Waals surface area contributed by atoms with Crippen molar-refractivity contribution in [2.75, 3.05) is 18.0 Å².